The Morgan fingerprint density at radius 1 is 1.47 bits per heavy atom. The molecular formula is C7H4F4N4. The molecule has 1 aromatic heterocycles. The van der Waals surface area contributed by atoms with Crippen LogP contribution in [0.15, 0.2) is 17.4 Å². The average molecular weight is 220 g/mol. The molecule has 0 atom stereocenters. The minimum Gasteiger partial charge on any atom is -0.249 e. The third-order valence-corrected chi connectivity index (χ3v) is 1.53. The third-order valence-electron chi connectivity index (χ3n) is 1.53. The summed E-state index contributed by atoms with van der Waals surface area (Å²) in [6.07, 6.45) is -4.19. The van der Waals surface area contributed by atoms with E-state index in [1.807, 2.05) is 0 Å². The molecule has 0 bridgehead atoms. The lowest BCUT2D eigenvalue weighted by Crippen LogP contribution is -2.09. The summed E-state index contributed by atoms with van der Waals surface area (Å²) in [5.41, 5.74) is 6.39. The summed E-state index contributed by atoms with van der Waals surface area (Å²) in [6.45, 7) is -0.478. The molecule has 0 aliphatic carbocycles. The summed E-state index contributed by atoms with van der Waals surface area (Å²) >= 11 is 0. The van der Waals surface area contributed by atoms with Crippen LogP contribution >= 0.6 is 0 Å². The smallest absolute Gasteiger partial charge is 0.249 e. The molecule has 0 radical (unpaired) electrons. The maximum absolute atomic E-state index is 12.9. The Morgan fingerprint density at radius 2 is 2.13 bits per heavy atom. The van der Waals surface area contributed by atoms with Gasteiger partial charge in [0.05, 0.1) is 12.7 Å². The lowest BCUT2D eigenvalue weighted by Gasteiger charge is -2.06. The van der Waals surface area contributed by atoms with E-state index >= 15 is 0 Å². The van der Waals surface area contributed by atoms with E-state index in [-0.39, 0.29) is 5.56 Å². The zero-order chi connectivity index (χ0) is 11.5. The highest BCUT2D eigenvalue weighted by atomic mass is 19.4. The first-order valence-electron chi connectivity index (χ1n) is 3.67. The molecule has 0 saturated carbocycles. The Hall–Kier alpha value is -1.82. The molecule has 0 spiro atoms. The van der Waals surface area contributed by atoms with Gasteiger partial charge in [-0.3, -0.25) is 0 Å². The van der Waals surface area contributed by atoms with Gasteiger partial charge < -0.3 is 0 Å². The fourth-order valence-corrected chi connectivity index (χ4v) is 0.864. The number of aromatic nitrogens is 1. The molecule has 15 heavy (non-hydrogen) atoms. The molecule has 0 saturated heterocycles. The Kier molecular flexibility index (Phi) is 3.11. The van der Waals surface area contributed by atoms with E-state index in [0.29, 0.717) is 12.3 Å². The summed E-state index contributed by atoms with van der Waals surface area (Å²) in [6, 6.07) is 0.518. The van der Waals surface area contributed by atoms with Crippen LogP contribution in [0, 0.1) is 5.82 Å². The van der Waals surface area contributed by atoms with Crippen molar-refractivity contribution in [3.05, 3.63) is 39.8 Å². The molecule has 0 N–H and O–H groups in total. The van der Waals surface area contributed by atoms with E-state index in [1.54, 1.807) is 0 Å². The first kappa shape index (κ1) is 11.3. The van der Waals surface area contributed by atoms with E-state index in [0.717, 1.165) is 0 Å². The molecule has 0 amide bonds. The first-order valence-corrected chi connectivity index (χ1v) is 3.67. The van der Waals surface area contributed by atoms with E-state index in [2.05, 4.69) is 15.0 Å². The summed E-state index contributed by atoms with van der Waals surface area (Å²) in [5.74, 6) is -0.935. The number of pyridine rings is 1. The summed E-state index contributed by atoms with van der Waals surface area (Å²) in [5, 5.41) is 2.97. The van der Waals surface area contributed by atoms with Crippen molar-refractivity contribution in [1.29, 1.82) is 0 Å². The van der Waals surface area contributed by atoms with Gasteiger partial charge in [-0.2, -0.15) is 13.2 Å². The predicted octanol–water partition coefficient (Wildman–Crippen LogP) is 3.05. The number of nitrogens with zero attached hydrogens (tertiary/aromatic N) is 4. The molecule has 80 valence electrons. The van der Waals surface area contributed by atoms with Crippen LogP contribution in [0.25, 0.3) is 10.4 Å². The Bertz CT molecular complexity index is 408. The van der Waals surface area contributed by atoms with E-state index < -0.39 is 24.2 Å². The van der Waals surface area contributed by atoms with Gasteiger partial charge in [0.25, 0.3) is 0 Å². The Morgan fingerprint density at radius 3 is 2.67 bits per heavy atom. The van der Waals surface area contributed by atoms with Gasteiger partial charge in [-0.05, 0) is 17.2 Å². The molecule has 0 aliphatic rings. The van der Waals surface area contributed by atoms with Crippen LogP contribution in [-0.2, 0) is 12.7 Å². The van der Waals surface area contributed by atoms with Crippen molar-refractivity contribution >= 4 is 0 Å². The number of halogens is 4. The molecule has 8 heteroatoms. The van der Waals surface area contributed by atoms with Crippen LogP contribution in [0.3, 0.4) is 0 Å². The van der Waals surface area contributed by atoms with E-state index in [9.17, 15) is 17.6 Å². The van der Waals surface area contributed by atoms with Gasteiger partial charge in [-0.15, -0.1) is 0 Å². The van der Waals surface area contributed by atoms with Crippen LogP contribution in [0.4, 0.5) is 17.6 Å². The number of rotatable bonds is 2. The SMILES string of the molecule is [N-]=[N+]=NCc1cc(C(F)(F)F)ncc1F. The fourth-order valence-electron chi connectivity index (χ4n) is 0.864. The molecule has 1 rings (SSSR count). The number of hydrogen-bond donors (Lipinski definition) is 0. The lowest BCUT2D eigenvalue weighted by molar-refractivity contribution is -0.141. The van der Waals surface area contributed by atoms with Crippen molar-refractivity contribution in [1.82, 2.24) is 4.98 Å². The van der Waals surface area contributed by atoms with Crippen molar-refractivity contribution in [3.63, 3.8) is 0 Å². The summed E-state index contributed by atoms with van der Waals surface area (Å²) < 4.78 is 49.3. The highest BCUT2D eigenvalue weighted by molar-refractivity contribution is 5.20. The van der Waals surface area contributed by atoms with Crippen LogP contribution in [0.1, 0.15) is 11.3 Å². The van der Waals surface area contributed by atoms with Gasteiger partial charge in [0, 0.05) is 4.91 Å². The molecule has 4 nitrogen and oxygen atoms in total. The molecule has 1 heterocycles. The lowest BCUT2D eigenvalue weighted by atomic mass is 10.2. The number of azide groups is 1. The largest absolute Gasteiger partial charge is 0.433 e. The van der Waals surface area contributed by atoms with Crippen molar-refractivity contribution in [2.45, 2.75) is 12.7 Å². The maximum atomic E-state index is 12.9. The number of alkyl halides is 3. The second-order valence-corrected chi connectivity index (χ2v) is 2.55. The normalized spacial score (nSPS) is 10.9. The van der Waals surface area contributed by atoms with Crippen LogP contribution in [-0.4, -0.2) is 4.98 Å². The zero-order valence-corrected chi connectivity index (χ0v) is 7.16. The monoisotopic (exact) mass is 220 g/mol. The highest BCUT2D eigenvalue weighted by Crippen LogP contribution is 2.28. The minimum absolute atomic E-state index is 0.338. The van der Waals surface area contributed by atoms with Crippen LogP contribution in [0.5, 0.6) is 0 Å². The quantitative estimate of drug-likeness (QED) is 0.327. The van der Waals surface area contributed by atoms with Crippen molar-refractivity contribution < 1.29 is 17.6 Å². The van der Waals surface area contributed by atoms with E-state index in [4.69, 9.17) is 5.53 Å². The Balaban J connectivity index is 3.10. The number of hydrogen-bond acceptors (Lipinski definition) is 2. The first-order chi connectivity index (χ1) is 6.95. The summed E-state index contributed by atoms with van der Waals surface area (Å²) in [7, 11) is 0. The molecule has 0 fully saturated rings. The minimum atomic E-state index is -4.64. The zero-order valence-electron chi connectivity index (χ0n) is 7.16. The molecule has 0 unspecified atom stereocenters. The topological polar surface area (TPSA) is 61.7 Å². The van der Waals surface area contributed by atoms with E-state index in [1.165, 1.54) is 0 Å². The van der Waals surface area contributed by atoms with Gasteiger partial charge >= 0.3 is 6.18 Å². The van der Waals surface area contributed by atoms with Gasteiger partial charge in [0.15, 0.2) is 0 Å². The molecular weight excluding hydrogens is 216 g/mol. The van der Waals surface area contributed by atoms with Crippen molar-refractivity contribution in [2.75, 3.05) is 0 Å². The summed E-state index contributed by atoms with van der Waals surface area (Å²) in [4.78, 5) is 5.20. The molecule has 0 aromatic carbocycles. The predicted molar refractivity (Wildman–Crippen MR) is 42.0 cm³/mol. The molecule has 1 aromatic rings. The second kappa shape index (κ2) is 4.14. The van der Waals surface area contributed by atoms with Crippen LogP contribution < -0.4 is 0 Å². The Labute approximate surface area is 81.2 Å². The van der Waals surface area contributed by atoms with Gasteiger partial charge in [-0.25, -0.2) is 9.37 Å². The highest BCUT2D eigenvalue weighted by Gasteiger charge is 2.32. The van der Waals surface area contributed by atoms with Crippen molar-refractivity contribution in [2.24, 2.45) is 5.11 Å². The standard InChI is InChI=1S/C7H4F4N4/c8-5-3-13-6(7(9,10)11)1-4(5)2-14-15-12/h1,3H,2H2. The van der Waals surface area contributed by atoms with Crippen molar-refractivity contribution in [3.8, 4) is 0 Å². The van der Waals surface area contributed by atoms with Crippen LogP contribution in [0.2, 0.25) is 0 Å². The fraction of sp³-hybridized carbons (Fsp3) is 0.286. The third kappa shape index (κ3) is 2.81. The van der Waals surface area contributed by atoms with Gasteiger partial charge in [0.1, 0.15) is 11.5 Å². The molecule has 0 aliphatic heterocycles. The van der Waals surface area contributed by atoms with Gasteiger partial charge in [0.2, 0.25) is 0 Å². The van der Waals surface area contributed by atoms with Gasteiger partial charge in [-0.1, -0.05) is 5.11 Å². The maximum Gasteiger partial charge on any atom is 0.433 e. The second-order valence-electron chi connectivity index (χ2n) is 2.55. The average Bonchev–Trinajstić information content (AvgIpc) is 2.15.